The number of hydrogen-bond donors (Lipinski definition) is 1. The maximum absolute atomic E-state index is 14.6. The number of fused-ring (bicyclic) bond motifs is 2. The number of amides is 1. The molecule has 0 spiro atoms. The lowest BCUT2D eigenvalue weighted by atomic mass is 9.88. The van der Waals surface area contributed by atoms with Crippen molar-refractivity contribution >= 4 is 23.0 Å². The van der Waals surface area contributed by atoms with Crippen molar-refractivity contribution in [2.45, 2.75) is 43.7 Å². The molecule has 200 valence electrons. The zero-order valence-corrected chi connectivity index (χ0v) is 20.8. The van der Waals surface area contributed by atoms with Crippen LogP contribution < -0.4 is 5.69 Å². The van der Waals surface area contributed by atoms with E-state index in [-0.39, 0.29) is 41.5 Å². The third-order valence-electron chi connectivity index (χ3n) is 7.62. The molecule has 11 heteroatoms. The highest BCUT2D eigenvalue weighted by atomic mass is 19.2. The summed E-state index contributed by atoms with van der Waals surface area (Å²) in [4.78, 5) is 52.0. The summed E-state index contributed by atoms with van der Waals surface area (Å²) in [5.74, 6) is -3.38. The van der Waals surface area contributed by atoms with Gasteiger partial charge in [-0.25, -0.2) is 23.4 Å². The summed E-state index contributed by atoms with van der Waals surface area (Å²) < 4.78 is 36.1. The number of aromatic nitrogens is 4. The van der Waals surface area contributed by atoms with Crippen molar-refractivity contribution in [1.29, 1.82) is 0 Å². The van der Waals surface area contributed by atoms with Gasteiger partial charge in [-0.05, 0) is 56.0 Å². The van der Waals surface area contributed by atoms with E-state index in [1.54, 1.807) is 33.9 Å². The van der Waals surface area contributed by atoms with Crippen molar-refractivity contribution in [2.24, 2.45) is 0 Å². The predicted molar refractivity (Wildman–Crippen MR) is 136 cm³/mol. The van der Waals surface area contributed by atoms with Crippen molar-refractivity contribution < 1.29 is 23.1 Å². The minimum atomic E-state index is -1.05. The number of benzene rings is 1. The van der Waals surface area contributed by atoms with Crippen LogP contribution in [-0.4, -0.2) is 49.4 Å². The molecule has 1 amide bonds. The Bertz CT molecular complexity index is 1630. The number of halogens is 2. The first-order chi connectivity index (χ1) is 18.9. The summed E-state index contributed by atoms with van der Waals surface area (Å²) >= 11 is 0. The van der Waals surface area contributed by atoms with Crippen molar-refractivity contribution in [1.82, 2.24) is 24.4 Å². The van der Waals surface area contributed by atoms with Crippen LogP contribution in [-0.2, 0) is 4.74 Å². The summed E-state index contributed by atoms with van der Waals surface area (Å²) in [6.45, 7) is 0.751. The average molecular weight is 534 g/mol. The van der Waals surface area contributed by atoms with Crippen LogP contribution in [0.2, 0.25) is 0 Å². The lowest BCUT2D eigenvalue weighted by Gasteiger charge is -2.32. The van der Waals surface area contributed by atoms with Crippen LogP contribution >= 0.6 is 0 Å². The molecule has 39 heavy (non-hydrogen) atoms. The molecule has 1 aliphatic heterocycles. The topological polar surface area (TPSA) is 110 Å². The number of ether oxygens (including phenoxy) is 1. The number of rotatable bonds is 3. The molecule has 2 aliphatic rings. The van der Waals surface area contributed by atoms with Gasteiger partial charge in [-0.3, -0.25) is 19.3 Å². The monoisotopic (exact) mass is 533 g/mol. The second kappa shape index (κ2) is 10.0. The molecule has 3 aromatic heterocycles. The van der Waals surface area contributed by atoms with Crippen LogP contribution in [0.5, 0.6) is 0 Å². The molecule has 6 rings (SSSR count). The van der Waals surface area contributed by atoms with Crippen molar-refractivity contribution in [3.63, 3.8) is 0 Å². The number of Topliss-reactive ketones (excluding diaryl/α,β-unsaturated/α-hetero) is 1. The molecule has 0 saturated carbocycles. The van der Waals surface area contributed by atoms with Gasteiger partial charge in [-0.2, -0.15) is 0 Å². The standard InChI is InChI=1S/C28H25F2N5O4/c29-20-6-1-4-17(23(20)30)18-8-9-22(24-19(25(18)36)5-2-12-31-24)39-28(38)34-14-10-16(11-15-34)35-21-7-3-13-32-26(21)33-27(35)37/h1-7,12-13,16,18,22H,8-11,14-15H2,(H,32,33,37). The van der Waals surface area contributed by atoms with E-state index in [9.17, 15) is 23.2 Å². The number of nitrogens with zero attached hydrogens (tertiary/aromatic N) is 4. The normalized spacial score (nSPS) is 20.1. The van der Waals surface area contributed by atoms with Gasteiger partial charge < -0.3 is 9.64 Å². The largest absolute Gasteiger partial charge is 0.440 e. The molecule has 2 unspecified atom stereocenters. The maximum Gasteiger partial charge on any atom is 0.410 e. The number of piperidine rings is 1. The van der Waals surface area contributed by atoms with Crippen molar-refractivity contribution in [3.05, 3.63) is 93.8 Å². The van der Waals surface area contributed by atoms with Gasteiger partial charge in [-0.1, -0.05) is 12.1 Å². The summed E-state index contributed by atoms with van der Waals surface area (Å²) in [6.07, 6.45) is 3.24. The molecule has 1 N–H and O–H groups in total. The third kappa shape index (κ3) is 4.47. The number of carbonyl (C=O) groups excluding carboxylic acids is 2. The molecule has 1 aliphatic carbocycles. The Hall–Kier alpha value is -4.41. The van der Waals surface area contributed by atoms with Crippen LogP contribution in [0.3, 0.4) is 0 Å². The molecule has 4 aromatic rings. The molecule has 9 nitrogen and oxygen atoms in total. The first-order valence-corrected chi connectivity index (χ1v) is 12.9. The molecule has 0 bridgehead atoms. The van der Waals surface area contributed by atoms with Crippen LogP contribution in [0, 0.1) is 11.6 Å². The van der Waals surface area contributed by atoms with Gasteiger partial charge in [0.25, 0.3) is 0 Å². The second-order valence-electron chi connectivity index (χ2n) is 9.84. The number of likely N-dealkylation sites (tertiary alicyclic amines) is 1. The fourth-order valence-corrected chi connectivity index (χ4v) is 5.68. The van der Waals surface area contributed by atoms with E-state index in [1.165, 1.54) is 18.3 Å². The SMILES string of the molecule is O=C1c2cccnc2C(OC(=O)N2CCC(n3c(=O)[nH]c4ncccc43)CC2)CCC1c1cccc(F)c1F. The van der Waals surface area contributed by atoms with E-state index >= 15 is 0 Å². The van der Waals surface area contributed by atoms with Crippen LogP contribution in [0.4, 0.5) is 13.6 Å². The Morgan fingerprint density at radius 1 is 0.949 bits per heavy atom. The van der Waals surface area contributed by atoms with E-state index in [0.29, 0.717) is 37.3 Å². The number of ketones is 1. The predicted octanol–water partition coefficient (Wildman–Crippen LogP) is 4.67. The second-order valence-corrected chi connectivity index (χ2v) is 9.84. The summed E-state index contributed by atoms with van der Waals surface area (Å²) in [6, 6.07) is 10.5. The Labute approximate surface area is 221 Å². The van der Waals surface area contributed by atoms with E-state index in [1.807, 2.05) is 6.07 Å². The van der Waals surface area contributed by atoms with Gasteiger partial charge in [0, 0.05) is 42.7 Å². The Kier molecular flexibility index (Phi) is 6.41. The summed E-state index contributed by atoms with van der Waals surface area (Å²) in [5.41, 5.74) is 1.52. The highest BCUT2D eigenvalue weighted by Crippen LogP contribution is 2.38. The van der Waals surface area contributed by atoms with Gasteiger partial charge in [0.1, 0.15) is 6.10 Å². The average Bonchev–Trinajstić information content (AvgIpc) is 3.23. The van der Waals surface area contributed by atoms with E-state index < -0.39 is 29.7 Å². The fraction of sp³-hybridized carbons (Fsp3) is 0.321. The lowest BCUT2D eigenvalue weighted by Crippen LogP contribution is -2.41. The molecule has 1 fully saturated rings. The van der Waals surface area contributed by atoms with E-state index in [2.05, 4.69) is 15.0 Å². The highest BCUT2D eigenvalue weighted by molar-refractivity contribution is 6.02. The molecule has 1 saturated heterocycles. The minimum Gasteiger partial charge on any atom is -0.440 e. The van der Waals surface area contributed by atoms with Gasteiger partial charge in [-0.15, -0.1) is 0 Å². The smallest absolute Gasteiger partial charge is 0.410 e. The quantitative estimate of drug-likeness (QED) is 0.383. The zero-order chi connectivity index (χ0) is 27.1. The highest BCUT2D eigenvalue weighted by Gasteiger charge is 2.36. The zero-order valence-electron chi connectivity index (χ0n) is 20.8. The lowest BCUT2D eigenvalue weighted by molar-refractivity contribution is 0.0473. The fourth-order valence-electron chi connectivity index (χ4n) is 5.68. The summed E-state index contributed by atoms with van der Waals surface area (Å²) in [7, 11) is 0. The molecular weight excluding hydrogens is 508 g/mol. The number of hydrogen-bond acceptors (Lipinski definition) is 6. The van der Waals surface area contributed by atoms with Gasteiger partial charge in [0.2, 0.25) is 0 Å². The third-order valence-corrected chi connectivity index (χ3v) is 7.62. The molecule has 4 heterocycles. The van der Waals surface area contributed by atoms with Crippen molar-refractivity contribution in [3.8, 4) is 0 Å². The Morgan fingerprint density at radius 3 is 2.54 bits per heavy atom. The van der Waals surface area contributed by atoms with E-state index in [0.717, 1.165) is 11.6 Å². The Balaban J connectivity index is 1.18. The number of pyridine rings is 2. The first-order valence-electron chi connectivity index (χ1n) is 12.9. The minimum absolute atomic E-state index is 0.0217. The van der Waals surface area contributed by atoms with E-state index in [4.69, 9.17) is 4.74 Å². The number of aromatic amines is 1. The maximum atomic E-state index is 14.6. The Morgan fingerprint density at radius 2 is 1.72 bits per heavy atom. The van der Waals surface area contributed by atoms with Crippen LogP contribution in [0.1, 0.15) is 65.4 Å². The van der Waals surface area contributed by atoms with Gasteiger partial charge in [0.05, 0.1) is 17.1 Å². The first kappa shape index (κ1) is 24.9. The molecular formula is C28H25F2N5O4. The number of carbonyl (C=O) groups is 2. The molecule has 0 radical (unpaired) electrons. The van der Waals surface area contributed by atoms with Crippen LogP contribution in [0.25, 0.3) is 11.2 Å². The number of imidazole rings is 1. The number of nitrogens with one attached hydrogen (secondary N) is 1. The molecule has 1 aromatic carbocycles. The van der Waals surface area contributed by atoms with Gasteiger partial charge in [0.15, 0.2) is 23.1 Å². The van der Waals surface area contributed by atoms with Crippen molar-refractivity contribution in [2.75, 3.05) is 13.1 Å². The van der Waals surface area contributed by atoms with Crippen LogP contribution in [0.15, 0.2) is 59.7 Å². The number of H-pyrrole nitrogens is 1. The van der Waals surface area contributed by atoms with Gasteiger partial charge >= 0.3 is 11.8 Å². The summed E-state index contributed by atoms with van der Waals surface area (Å²) in [5, 5.41) is 0. The molecule has 2 atom stereocenters.